The van der Waals surface area contributed by atoms with Crippen LogP contribution < -0.4 is 10.6 Å². The highest BCUT2D eigenvalue weighted by Gasteiger charge is 2.08. The van der Waals surface area contributed by atoms with Gasteiger partial charge in [-0.15, -0.1) is 10.2 Å². The summed E-state index contributed by atoms with van der Waals surface area (Å²) in [5, 5.41) is 14.1. The Hall–Kier alpha value is -2.41. The predicted octanol–water partition coefficient (Wildman–Crippen LogP) is 2.66. The first-order valence-electron chi connectivity index (χ1n) is 7.69. The van der Waals surface area contributed by atoms with E-state index in [-0.39, 0.29) is 11.8 Å². The van der Waals surface area contributed by atoms with E-state index in [0.29, 0.717) is 28.7 Å². The zero-order valence-corrected chi connectivity index (χ0v) is 14.5. The number of nitrogens with zero attached hydrogens (tertiary/aromatic N) is 2. The lowest BCUT2D eigenvalue weighted by atomic mass is 10.1. The number of hydrogen-bond acceptors (Lipinski definition) is 5. The number of thioether (sulfide) groups is 1. The SMILES string of the molecule is CCCNC(=O)CSc1ccc(NC(=O)c2ccc(C)cc2)nn1. The predicted molar refractivity (Wildman–Crippen MR) is 95.2 cm³/mol. The highest BCUT2D eigenvalue weighted by Crippen LogP contribution is 2.15. The van der Waals surface area contributed by atoms with Crippen LogP contribution in [0.1, 0.15) is 29.3 Å². The van der Waals surface area contributed by atoms with Gasteiger partial charge in [0.2, 0.25) is 5.91 Å². The zero-order chi connectivity index (χ0) is 17.4. The number of carbonyl (C=O) groups is 2. The molecule has 2 aromatic rings. The summed E-state index contributed by atoms with van der Waals surface area (Å²) >= 11 is 1.31. The van der Waals surface area contributed by atoms with E-state index in [1.807, 2.05) is 26.0 Å². The van der Waals surface area contributed by atoms with Crippen LogP contribution in [0.25, 0.3) is 0 Å². The number of nitrogens with one attached hydrogen (secondary N) is 2. The molecule has 2 N–H and O–H groups in total. The van der Waals surface area contributed by atoms with Crippen molar-refractivity contribution in [2.24, 2.45) is 0 Å². The van der Waals surface area contributed by atoms with Gasteiger partial charge < -0.3 is 10.6 Å². The van der Waals surface area contributed by atoms with Crippen molar-refractivity contribution in [3.8, 4) is 0 Å². The summed E-state index contributed by atoms with van der Waals surface area (Å²) in [4.78, 5) is 23.6. The van der Waals surface area contributed by atoms with E-state index in [0.717, 1.165) is 12.0 Å². The Morgan fingerprint density at radius 3 is 2.46 bits per heavy atom. The first-order chi connectivity index (χ1) is 11.6. The largest absolute Gasteiger partial charge is 0.355 e. The minimum atomic E-state index is -0.233. The summed E-state index contributed by atoms with van der Waals surface area (Å²) in [7, 11) is 0. The Kier molecular flexibility index (Phi) is 6.74. The van der Waals surface area contributed by atoms with Crippen LogP contribution in [-0.4, -0.2) is 34.3 Å². The minimum Gasteiger partial charge on any atom is -0.355 e. The molecule has 0 spiro atoms. The fourth-order valence-electron chi connectivity index (χ4n) is 1.81. The molecule has 24 heavy (non-hydrogen) atoms. The van der Waals surface area contributed by atoms with E-state index in [4.69, 9.17) is 0 Å². The molecule has 1 aromatic carbocycles. The number of amides is 2. The van der Waals surface area contributed by atoms with Crippen molar-refractivity contribution < 1.29 is 9.59 Å². The second-order valence-electron chi connectivity index (χ2n) is 5.22. The maximum atomic E-state index is 12.1. The van der Waals surface area contributed by atoms with Crippen LogP contribution in [0.3, 0.4) is 0 Å². The number of anilines is 1. The van der Waals surface area contributed by atoms with Gasteiger partial charge >= 0.3 is 0 Å². The molecule has 0 atom stereocenters. The van der Waals surface area contributed by atoms with Crippen LogP contribution in [-0.2, 0) is 4.79 Å². The van der Waals surface area contributed by atoms with E-state index in [1.54, 1.807) is 24.3 Å². The third-order valence-corrected chi connectivity index (χ3v) is 4.04. The minimum absolute atomic E-state index is 0.0274. The molecule has 0 unspecified atom stereocenters. The Morgan fingerprint density at radius 2 is 1.83 bits per heavy atom. The lowest BCUT2D eigenvalue weighted by Gasteiger charge is -2.05. The molecular weight excluding hydrogens is 324 g/mol. The average Bonchev–Trinajstić information content (AvgIpc) is 2.60. The molecule has 0 saturated carbocycles. The number of aromatic nitrogens is 2. The van der Waals surface area contributed by atoms with Crippen molar-refractivity contribution >= 4 is 29.4 Å². The molecule has 6 nitrogen and oxygen atoms in total. The summed E-state index contributed by atoms with van der Waals surface area (Å²) < 4.78 is 0. The molecule has 0 saturated heterocycles. The molecule has 0 aliphatic carbocycles. The Labute approximate surface area is 145 Å². The summed E-state index contributed by atoms with van der Waals surface area (Å²) in [6.45, 7) is 4.64. The third kappa shape index (κ3) is 5.66. The zero-order valence-electron chi connectivity index (χ0n) is 13.7. The Balaban J connectivity index is 1.86. The quantitative estimate of drug-likeness (QED) is 0.755. The van der Waals surface area contributed by atoms with Gasteiger partial charge in [-0.1, -0.05) is 36.4 Å². The summed E-state index contributed by atoms with van der Waals surface area (Å²) in [5.74, 6) is 0.411. The number of hydrogen-bond donors (Lipinski definition) is 2. The second-order valence-corrected chi connectivity index (χ2v) is 6.21. The maximum Gasteiger partial charge on any atom is 0.256 e. The molecule has 1 aromatic heterocycles. The molecule has 0 aliphatic heterocycles. The van der Waals surface area contributed by atoms with E-state index in [9.17, 15) is 9.59 Å². The van der Waals surface area contributed by atoms with Gasteiger partial charge in [-0.3, -0.25) is 9.59 Å². The first kappa shape index (κ1) is 17.9. The number of carbonyl (C=O) groups excluding carboxylic acids is 2. The van der Waals surface area contributed by atoms with Crippen molar-refractivity contribution in [2.75, 3.05) is 17.6 Å². The molecule has 7 heteroatoms. The van der Waals surface area contributed by atoms with Crippen LogP contribution in [0.2, 0.25) is 0 Å². The van der Waals surface area contributed by atoms with Crippen molar-refractivity contribution in [3.63, 3.8) is 0 Å². The summed E-state index contributed by atoms with van der Waals surface area (Å²) in [6, 6.07) is 10.7. The standard InChI is InChI=1S/C17H20N4O2S/c1-3-10-18-15(22)11-24-16-9-8-14(20-21-16)19-17(23)13-6-4-12(2)5-7-13/h4-9H,3,10-11H2,1-2H3,(H,18,22)(H,19,20,23). The normalized spacial score (nSPS) is 10.2. The molecule has 1 heterocycles. The van der Waals surface area contributed by atoms with Crippen LogP contribution in [0.15, 0.2) is 41.4 Å². The number of rotatable bonds is 7. The van der Waals surface area contributed by atoms with Crippen molar-refractivity contribution in [1.82, 2.24) is 15.5 Å². The van der Waals surface area contributed by atoms with Crippen LogP contribution >= 0.6 is 11.8 Å². The first-order valence-corrected chi connectivity index (χ1v) is 8.68. The Morgan fingerprint density at radius 1 is 1.08 bits per heavy atom. The van der Waals surface area contributed by atoms with Gasteiger partial charge in [-0.05, 0) is 37.6 Å². The molecule has 126 valence electrons. The topological polar surface area (TPSA) is 84.0 Å². The third-order valence-electron chi connectivity index (χ3n) is 3.12. The highest BCUT2D eigenvalue weighted by atomic mass is 32.2. The summed E-state index contributed by atoms with van der Waals surface area (Å²) in [5.41, 5.74) is 1.66. The molecule has 0 bridgehead atoms. The summed E-state index contributed by atoms with van der Waals surface area (Å²) in [6.07, 6.45) is 0.908. The smallest absolute Gasteiger partial charge is 0.256 e. The molecule has 2 rings (SSSR count). The molecule has 0 aliphatic rings. The average molecular weight is 344 g/mol. The van der Waals surface area contributed by atoms with Gasteiger partial charge in [0, 0.05) is 12.1 Å². The molecule has 0 radical (unpaired) electrons. The fourth-order valence-corrected chi connectivity index (χ4v) is 2.46. The van der Waals surface area contributed by atoms with E-state index >= 15 is 0 Å². The van der Waals surface area contributed by atoms with E-state index in [1.165, 1.54) is 11.8 Å². The lowest BCUT2D eigenvalue weighted by Crippen LogP contribution is -2.25. The van der Waals surface area contributed by atoms with E-state index < -0.39 is 0 Å². The van der Waals surface area contributed by atoms with Gasteiger partial charge in [0.25, 0.3) is 5.91 Å². The second kappa shape index (κ2) is 9.02. The maximum absolute atomic E-state index is 12.1. The lowest BCUT2D eigenvalue weighted by molar-refractivity contribution is -0.118. The number of benzene rings is 1. The fraction of sp³-hybridized carbons (Fsp3) is 0.294. The van der Waals surface area contributed by atoms with Crippen molar-refractivity contribution in [3.05, 3.63) is 47.5 Å². The monoisotopic (exact) mass is 344 g/mol. The van der Waals surface area contributed by atoms with Gasteiger partial charge in [0.15, 0.2) is 5.82 Å². The van der Waals surface area contributed by atoms with Crippen LogP contribution in [0, 0.1) is 6.92 Å². The van der Waals surface area contributed by atoms with Gasteiger partial charge in [0.05, 0.1) is 5.75 Å². The van der Waals surface area contributed by atoms with Gasteiger partial charge in [0.1, 0.15) is 5.03 Å². The molecular formula is C17H20N4O2S. The molecule has 0 fully saturated rings. The van der Waals surface area contributed by atoms with Crippen molar-refractivity contribution in [1.29, 1.82) is 0 Å². The van der Waals surface area contributed by atoms with Crippen molar-refractivity contribution in [2.45, 2.75) is 25.3 Å². The molecule has 2 amide bonds. The highest BCUT2D eigenvalue weighted by molar-refractivity contribution is 7.99. The van der Waals surface area contributed by atoms with Gasteiger partial charge in [-0.2, -0.15) is 0 Å². The van der Waals surface area contributed by atoms with Crippen LogP contribution in [0.5, 0.6) is 0 Å². The van der Waals surface area contributed by atoms with Crippen LogP contribution in [0.4, 0.5) is 5.82 Å². The van der Waals surface area contributed by atoms with E-state index in [2.05, 4.69) is 20.8 Å². The van der Waals surface area contributed by atoms with Gasteiger partial charge in [-0.25, -0.2) is 0 Å². The Bertz CT molecular complexity index is 687. The number of aryl methyl sites for hydroxylation is 1.